The SMILES string of the molecule is COC(CNC(=O)CC1CCCN1)c1ccc(Cl)cc1. The average Bonchev–Trinajstić information content (AvgIpc) is 2.94. The van der Waals surface area contributed by atoms with Gasteiger partial charge in [-0.3, -0.25) is 4.79 Å². The summed E-state index contributed by atoms with van der Waals surface area (Å²) < 4.78 is 5.42. The van der Waals surface area contributed by atoms with E-state index in [9.17, 15) is 4.79 Å². The van der Waals surface area contributed by atoms with Gasteiger partial charge in [-0.15, -0.1) is 0 Å². The van der Waals surface area contributed by atoms with Crippen molar-refractivity contribution in [1.82, 2.24) is 10.6 Å². The molecule has 1 amide bonds. The van der Waals surface area contributed by atoms with Crippen molar-refractivity contribution < 1.29 is 9.53 Å². The molecule has 1 aliphatic heterocycles. The molecule has 1 saturated heterocycles. The van der Waals surface area contributed by atoms with Gasteiger partial charge in [-0.05, 0) is 37.1 Å². The third-order valence-electron chi connectivity index (χ3n) is 3.61. The maximum Gasteiger partial charge on any atom is 0.221 e. The van der Waals surface area contributed by atoms with Crippen LogP contribution in [0, 0.1) is 0 Å². The van der Waals surface area contributed by atoms with Crippen LogP contribution in [0.2, 0.25) is 5.02 Å². The number of hydrogen-bond acceptors (Lipinski definition) is 3. The summed E-state index contributed by atoms with van der Waals surface area (Å²) in [5.74, 6) is 0.0698. The van der Waals surface area contributed by atoms with E-state index in [4.69, 9.17) is 16.3 Å². The summed E-state index contributed by atoms with van der Waals surface area (Å²) in [6.07, 6.45) is 2.63. The second-order valence-corrected chi connectivity index (χ2v) is 5.51. The lowest BCUT2D eigenvalue weighted by molar-refractivity contribution is -0.122. The molecule has 20 heavy (non-hydrogen) atoms. The summed E-state index contributed by atoms with van der Waals surface area (Å²) in [7, 11) is 1.64. The van der Waals surface area contributed by atoms with Crippen LogP contribution in [0.15, 0.2) is 24.3 Å². The van der Waals surface area contributed by atoms with E-state index in [2.05, 4.69) is 10.6 Å². The molecule has 2 rings (SSSR count). The molecule has 110 valence electrons. The second kappa shape index (κ2) is 7.62. The van der Waals surface area contributed by atoms with Crippen LogP contribution in [-0.2, 0) is 9.53 Å². The van der Waals surface area contributed by atoms with E-state index in [0.29, 0.717) is 24.0 Å². The zero-order valence-electron chi connectivity index (χ0n) is 11.7. The number of halogens is 1. The van der Waals surface area contributed by atoms with E-state index in [1.54, 1.807) is 7.11 Å². The van der Waals surface area contributed by atoms with E-state index in [1.807, 2.05) is 24.3 Å². The van der Waals surface area contributed by atoms with Gasteiger partial charge in [-0.25, -0.2) is 0 Å². The highest BCUT2D eigenvalue weighted by Crippen LogP contribution is 2.18. The fraction of sp³-hybridized carbons (Fsp3) is 0.533. The van der Waals surface area contributed by atoms with Crippen molar-refractivity contribution in [1.29, 1.82) is 0 Å². The monoisotopic (exact) mass is 296 g/mol. The van der Waals surface area contributed by atoms with Crippen molar-refractivity contribution in [2.24, 2.45) is 0 Å². The lowest BCUT2D eigenvalue weighted by Gasteiger charge is -2.17. The Bertz CT molecular complexity index is 430. The molecule has 5 heteroatoms. The highest BCUT2D eigenvalue weighted by Gasteiger charge is 2.18. The molecule has 0 aromatic heterocycles. The summed E-state index contributed by atoms with van der Waals surface area (Å²) in [6, 6.07) is 7.81. The lowest BCUT2D eigenvalue weighted by Crippen LogP contribution is -2.34. The van der Waals surface area contributed by atoms with Crippen LogP contribution in [0.1, 0.15) is 30.9 Å². The van der Waals surface area contributed by atoms with Gasteiger partial charge in [0.25, 0.3) is 0 Å². The number of nitrogens with one attached hydrogen (secondary N) is 2. The molecule has 0 aliphatic carbocycles. The van der Waals surface area contributed by atoms with Crippen molar-refractivity contribution in [2.75, 3.05) is 20.2 Å². The second-order valence-electron chi connectivity index (χ2n) is 5.08. The fourth-order valence-corrected chi connectivity index (χ4v) is 2.57. The number of ether oxygens (including phenoxy) is 1. The third-order valence-corrected chi connectivity index (χ3v) is 3.86. The summed E-state index contributed by atoms with van der Waals surface area (Å²) in [5, 5.41) is 6.95. The highest BCUT2D eigenvalue weighted by molar-refractivity contribution is 6.30. The molecular formula is C15H21ClN2O2. The van der Waals surface area contributed by atoms with Crippen LogP contribution in [0.5, 0.6) is 0 Å². The number of carbonyl (C=O) groups is 1. The summed E-state index contributed by atoms with van der Waals surface area (Å²) in [6.45, 7) is 1.49. The van der Waals surface area contributed by atoms with Crippen LogP contribution in [-0.4, -0.2) is 32.1 Å². The highest BCUT2D eigenvalue weighted by atomic mass is 35.5. The van der Waals surface area contributed by atoms with Gasteiger partial charge in [-0.1, -0.05) is 23.7 Å². The molecule has 1 aromatic rings. The van der Waals surface area contributed by atoms with E-state index in [-0.39, 0.29) is 12.0 Å². The molecule has 0 bridgehead atoms. The summed E-state index contributed by atoms with van der Waals surface area (Å²) in [5.41, 5.74) is 1.01. The molecule has 0 saturated carbocycles. The number of methoxy groups -OCH3 is 1. The van der Waals surface area contributed by atoms with Crippen molar-refractivity contribution in [3.63, 3.8) is 0 Å². The van der Waals surface area contributed by atoms with Gasteiger partial charge in [0.2, 0.25) is 5.91 Å². The molecule has 0 spiro atoms. The van der Waals surface area contributed by atoms with Crippen molar-refractivity contribution in [2.45, 2.75) is 31.4 Å². The first kappa shape index (κ1) is 15.3. The summed E-state index contributed by atoms with van der Waals surface area (Å²) >= 11 is 5.86. The molecule has 1 heterocycles. The first-order chi connectivity index (χ1) is 9.69. The number of hydrogen-bond donors (Lipinski definition) is 2. The molecule has 1 fully saturated rings. The van der Waals surface area contributed by atoms with Gasteiger partial charge in [0.15, 0.2) is 0 Å². The molecule has 2 N–H and O–H groups in total. The standard InChI is InChI=1S/C15H21ClN2O2/c1-20-14(11-4-6-12(16)7-5-11)10-18-15(19)9-13-3-2-8-17-13/h4-7,13-14,17H,2-3,8-10H2,1H3,(H,18,19). The smallest absolute Gasteiger partial charge is 0.221 e. The maximum absolute atomic E-state index is 11.9. The van der Waals surface area contributed by atoms with E-state index in [1.165, 1.54) is 0 Å². The largest absolute Gasteiger partial charge is 0.375 e. The van der Waals surface area contributed by atoms with Gasteiger partial charge in [-0.2, -0.15) is 0 Å². The Labute approximate surface area is 124 Å². The molecule has 1 aliphatic rings. The molecule has 2 unspecified atom stereocenters. The van der Waals surface area contributed by atoms with Crippen LogP contribution < -0.4 is 10.6 Å². The van der Waals surface area contributed by atoms with Crippen LogP contribution >= 0.6 is 11.6 Å². The first-order valence-electron chi connectivity index (χ1n) is 6.97. The Kier molecular flexibility index (Phi) is 5.83. The topological polar surface area (TPSA) is 50.4 Å². The number of benzene rings is 1. The average molecular weight is 297 g/mol. The van der Waals surface area contributed by atoms with Gasteiger partial charge in [0.05, 0.1) is 6.10 Å². The van der Waals surface area contributed by atoms with Crippen LogP contribution in [0.3, 0.4) is 0 Å². The van der Waals surface area contributed by atoms with E-state index in [0.717, 1.165) is 24.9 Å². The lowest BCUT2D eigenvalue weighted by atomic mass is 10.1. The summed E-state index contributed by atoms with van der Waals surface area (Å²) in [4.78, 5) is 11.9. The van der Waals surface area contributed by atoms with Gasteiger partial charge in [0, 0.05) is 31.1 Å². The minimum atomic E-state index is -0.146. The third kappa shape index (κ3) is 4.47. The Morgan fingerprint density at radius 1 is 1.50 bits per heavy atom. The van der Waals surface area contributed by atoms with Crippen LogP contribution in [0.4, 0.5) is 0 Å². The van der Waals surface area contributed by atoms with Gasteiger partial charge < -0.3 is 15.4 Å². The van der Waals surface area contributed by atoms with Gasteiger partial charge in [0.1, 0.15) is 0 Å². The Balaban J connectivity index is 1.80. The van der Waals surface area contributed by atoms with Crippen molar-refractivity contribution in [3.8, 4) is 0 Å². The van der Waals surface area contributed by atoms with E-state index >= 15 is 0 Å². The zero-order valence-corrected chi connectivity index (χ0v) is 12.5. The quantitative estimate of drug-likeness (QED) is 0.847. The number of rotatable bonds is 6. The molecule has 0 radical (unpaired) electrons. The normalized spacial score (nSPS) is 19.8. The Morgan fingerprint density at radius 2 is 2.25 bits per heavy atom. The molecule has 4 nitrogen and oxygen atoms in total. The number of amides is 1. The minimum Gasteiger partial charge on any atom is -0.375 e. The van der Waals surface area contributed by atoms with Crippen molar-refractivity contribution in [3.05, 3.63) is 34.9 Å². The van der Waals surface area contributed by atoms with Crippen molar-refractivity contribution >= 4 is 17.5 Å². The molecule has 2 atom stereocenters. The van der Waals surface area contributed by atoms with Crippen LogP contribution in [0.25, 0.3) is 0 Å². The first-order valence-corrected chi connectivity index (χ1v) is 7.35. The Morgan fingerprint density at radius 3 is 2.85 bits per heavy atom. The minimum absolute atomic E-state index is 0.0698. The Hall–Kier alpha value is -1.10. The zero-order chi connectivity index (χ0) is 14.4. The number of carbonyl (C=O) groups excluding carboxylic acids is 1. The van der Waals surface area contributed by atoms with E-state index < -0.39 is 0 Å². The maximum atomic E-state index is 11.9. The molecular weight excluding hydrogens is 276 g/mol. The predicted molar refractivity (Wildman–Crippen MR) is 79.9 cm³/mol. The molecule has 1 aromatic carbocycles. The van der Waals surface area contributed by atoms with Gasteiger partial charge >= 0.3 is 0 Å². The predicted octanol–water partition coefficient (Wildman–Crippen LogP) is 2.29. The fourth-order valence-electron chi connectivity index (χ4n) is 2.45.